The average Bonchev–Trinajstić information content (AvgIpc) is 2.62. The van der Waals surface area contributed by atoms with Crippen molar-refractivity contribution in [1.82, 2.24) is 9.97 Å². The normalized spacial score (nSPS) is 10.5. The van der Waals surface area contributed by atoms with Crippen LogP contribution in [-0.4, -0.2) is 9.97 Å². The van der Waals surface area contributed by atoms with Gasteiger partial charge in [0.2, 0.25) is 5.95 Å². The van der Waals surface area contributed by atoms with Crippen molar-refractivity contribution in [3.63, 3.8) is 0 Å². The summed E-state index contributed by atoms with van der Waals surface area (Å²) in [5, 5.41) is 3.43. The molecule has 2 aromatic carbocycles. The van der Waals surface area contributed by atoms with E-state index in [9.17, 15) is 0 Å². The predicted octanol–water partition coefficient (Wildman–Crippen LogP) is 5.23. The van der Waals surface area contributed by atoms with Gasteiger partial charge in [-0.05, 0) is 30.0 Å². The molecule has 0 aliphatic heterocycles. The number of nitrogens with zero attached hydrogens (tertiary/aromatic N) is 2. The van der Waals surface area contributed by atoms with Crippen molar-refractivity contribution in [2.75, 3.05) is 5.32 Å². The number of hydrogen-bond donors (Lipinski definition) is 1. The topological polar surface area (TPSA) is 37.8 Å². The van der Waals surface area contributed by atoms with Gasteiger partial charge in [-0.15, -0.1) is 0 Å². The molecule has 0 bridgehead atoms. The molecular formula is C20H21N3. The second-order valence-corrected chi connectivity index (χ2v) is 5.51. The molecule has 0 fully saturated rings. The second-order valence-electron chi connectivity index (χ2n) is 5.51. The van der Waals surface area contributed by atoms with Gasteiger partial charge in [0.15, 0.2) is 0 Å². The van der Waals surface area contributed by atoms with Gasteiger partial charge < -0.3 is 5.32 Å². The lowest BCUT2D eigenvalue weighted by Gasteiger charge is -2.16. The molecule has 3 rings (SSSR count). The highest BCUT2D eigenvalue weighted by Crippen LogP contribution is 2.33. The van der Waals surface area contributed by atoms with E-state index in [0.717, 1.165) is 12.1 Å². The van der Waals surface area contributed by atoms with Crippen LogP contribution in [0.15, 0.2) is 67.0 Å². The van der Waals surface area contributed by atoms with Crippen molar-refractivity contribution in [1.29, 1.82) is 0 Å². The van der Waals surface area contributed by atoms with Crippen LogP contribution in [0.25, 0.3) is 11.1 Å². The zero-order chi connectivity index (χ0) is 15.9. The highest BCUT2D eigenvalue weighted by Gasteiger charge is 2.11. The molecule has 116 valence electrons. The number of aryl methyl sites for hydroxylation is 1. The Morgan fingerprint density at radius 1 is 0.870 bits per heavy atom. The lowest BCUT2D eigenvalue weighted by Crippen LogP contribution is -2.02. The third-order valence-corrected chi connectivity index (χ3v) is 3.84. The molecule has 1 heterocycles. The van der Waals surface area contributed by atoms with E-state index in [4.69, 9.17) is 0 Å². The molecule has 0 unspecified atom stereocenters. The Labute approximate surface area is 137 Å². The molecule has 0 aliphatic rings. The van der Waals surface area contributed by atoms with Crippen LogP contribution in [0.3, 0.4) is 0 Å². The summed E-state index contributed by atoms with van der Waals surface area (Å²) in [6.45, 7) is 2.22. The second kappa shape index (κ2) is 7.54. The van der Waals surface area contributed by atoms with E-state index in [1.807, 2.05) is 12.1 Å². The molecule has 3 heteroatoms. The highest BCUT2D eigenvalue weighted by molar-refractivity contribution is 5.82. The molecule has 0 spiro atoms. The largest absolute Gasteiger partial charge is 0.323 e. The van der Waals surface area contributed by atoms with Crippen LogP contribution in [0, 0.1) is 0 Å². The van der Waals surface area contributed by atoms with E-state index in [1.165, 1.54) is 29.5 Å². The number of unbranched alkanes of at least 4 members (excludes halogenated alkanes) is 1. The Bertz CT molecular complexity index is 739. The van der Waals surface area contributed by atoms with Gasteiger partial charge >= 0.3 is 0 Å². The minimum Gasteiger partial charge on any atom is -0.323 e. The number of rotatable bonds is 6. The first kappa shape index (κ1) is 15.2. The van der Waals surface area contributed by atoms with Crippen molar-refractivity contribution < 1.29 is 0 Å². The Morgan fingerprint density at radius 3 is 2.39 bits per heavy atom. The first-order chi connectivity index (χ1) is 11.4. The van der Waals surface area contributed by atoms with E-state index < -0.39 is 0 Å². The monoisotopic (exact) mass is 303 g/mol. The minimum absolute atomic E-state index is 0.633. The fourth-order valence-electron chi connectivity index (χ4n) is 2.66. The third-order valence-electron chi connectivity index (χ3n) is 3.84. The maximum absolute atomic E-state index is 4.31. The van der Waals surface area contributed by atoms with Crippen molar-refractivity contribution in [2.45, 2.75) is 26.2 Å². The number of anilines is 2. The summed E-state index contributed by atoms with van der Waals surface area (Å²) in [7, 11) is 0. The van der Waals surface area contributed by atoms with Gasteiger partial charge in [-0.1, -0.05) is 61.9 Å². The lowest BCUT2D eigenvalue weighted by atomic mass is 9.97. The van der Waals surface area contributed by atoms with Gasteiger partial charge in [-0.2, -0.15) is 0 Å². The third kappa shape index (κ3) is 3.75. The number of aromatic nitrogens is 2. The molecule has 1 aromatic heterocycles. The quantitative estimate of drug-likeness (QED) is 0.677. The number of benzene rings is 2. The standard InChI is InChI=1S/C20H21N3/c1-2-3-9-17-12-7-13-18(16-10-5-4-6-11-16)19(17)23-20-21-14-8-15-22-20/h4-8,10-15H,2-3,9H2,1H3,(H,21,22,23). The van der Waals surface area contributed by atoms with Crippen molar-refractivity contribution in [2.24, 2.45) is 0 Å². The Hall–Kier alpha value is -2.68. The highest BCUT2D eigenvalue weighted by atomic mass is 15.1. The molecule has 23 heavy (non-hydrogen) atoms. The summed E-state index contributed by atoms with van der Waals surface area (Å²) in [6, 6.07) is 18.7. The van der Waals surface area contributed by atoms with Crippen molar-refractivity contribution in [3.8, 4) is 11.1 Å². The van der Waals surface area contributed by atoms with E-state index >= 15 is 0 Å². The summed E-state index contributed by atoms with van der Waals surface area (Å²) >= 11 is 0. The SMILES string of the molecule is CCCCc1cccc(-c2ccccc2)c1Nc1ncccn1. The van der Waals surface area contributed by atoms with Crippen LogP contribution < -0.4 is 5.32 Å². The van der Waals surface area contributed by atoms with Crippen LogP contribution in [0.4, 0.5) is 11.6 Å². The molecule has 3 aromatic rings. The van der Waals surface area contributed by atoms with Gasteiger partial charge in [0.25, 0.3) is 0 Å². The van der Waals surface area contributed by atoms with Crippen molar-refractivity contribution >= 4 is 11.6 Å². The van der Waals surface area contributed by atoms with E-state index in [2.05, 4.69) is 64.7 Å². The Balaban J connectivity index is 2.04. The zero-order valence-electron chi connectivity index (χ0n) is 13.4. The molecular weight excluding hydrogens is 282 g/mol. The fraction of sp³-hybridized carbons (Fsp3) is 0.200. The molecule has 0 aliphatic carbocycles. The van der Waals surface area contributed by atoms with Gasteiger partial charge in [0, 0.05) is 18.0 Å². The van der Waals surface area contributed by atoms with Crippen molar-refractivity contribution in [3.05, 3.63) is 72.6 Å². The summed E-state index contributed by atoms with van der Waals surface area (Å²) in [6.07, 6.45) is 6.91. The first-order valence-corrected chi connectivity index (χ1v) is 8.10. The molecule has 0 amide bonds. The van der Waals surface area contributed by atoms with E-state index in [1.54, 1.807) is 12.4 Å². The average molecular weight is 303 g/mol. The summed E-state index contributed by atoms with van der Waals surface area (Å²) in [4.78, 5) is 8.62. The van der Waals surface area contributed by atoms with Gasteiger partial charge in [0.1, 0.15) is 0 Å². The number of para-hydroxylation sites is 1. The number of nitrogens with one attached hydrogen (secondary N) is 1. The summed E-state index contributed by atoms with van der Waals surface area (Å²) in [5.74, 6) is 0.633. The van der Waals surface area contributed by atoms with Gasteiger partial charge in [-0.3, -0.25) is 0 Å². The fourth-order valence-corrected chi connectivity index (χ4v) is 2.66. The number of hydrogen-bond acceptors (Lipinski definition) is 3. The van der Waals surface area contributed by atoms with Crippen LogP contribution in [0.2, 0.25) is 0 Å². The zero-order valence-corrected chi connectivity index (χ0v) is 13.4. The summed E-state index contributed by atoms with van der Waals surface area (Å²) < 4.78 is 0. The molecule has 0 saturated heterocycles. The van der Waals surface area contributed by atoms with Gasteiger partial charge in [0.05, 0.1) is 5.69 Å². The minimum atomic E-state index is 0.633. The molecule has 3 nitrogen and oxygen atoms in total. The van der Waals surface area contributed by atoms with Crippen LogP contribution in [0.5, 0.6) is 0 Å². The smallest absolute Gasteiger partial charge is 0.227 e. The van der Waals surface area contributed by atoms with Crippen LogP contribution in [-0.2, 0) is 6.42 Å². The molecule has 0 radical (unpaired) electrons. The lowest BCUT2D eigenvalue weighted by molar-refractivity contribution is 0.796. The van der Waals surface area contributed by atoms with Crippen LogP contribution >= 0.6 is 0 Å². The predicted molar refractivity (Wildman–Crippen MR) is 95.8 cm³/mol. The van der Waals surface area contributed by atoms with Gasteiger partial charge in [-0.25, -0.2) is 9.97 Å². The first-order valence-electron chi connectivity index (χ1n) is 8.10. The van der Waals surface area contributed by atoms with Crippen LogP contribution in [0.1, 0.15) is 25.3 Å². The Morgan fingerprint density at radius 2 is 1.65 bits per heavy atom. The molecule has 1 N–H and O–H groups in total. The maximum Gasteiger partial charge on any atom is 0.227 e. The van der Waals surface area contributed by atoms with E-state index in [0.29, 0.717) is 5.95 Å². The molecule has 0 saturated carbocycles. The Kier molecular flexibility index (Phi) is 4.99. The molecule has 0 atom stereocenters. The summed E-state index contributed by atoms with van der Waals surface area (Å²) in [5.41, 5.74) is 4.80. The maximum atomic E-state index is 4.31. The van der Waals surface area contributed by atoms with E-state index in [-0.39, 0.29) is 0 Å².